The van der Waals surface area contributed by atoms with E-state index >= 15 is 0 Å². The van der Waals surface area contributed by atoms with Crippen LogP contribution in [0.2, 0.25) is 0 Å². The average Bonchev–Trinajstić information content (AvgIpc) is 2.45. The minimum atomic E-state index is -6.64. The van der Waals surface area contributed by atoms with Crippen molar-refractivity contribution < 1.29 is 45.6 Å². The molecule has 0 bridgehead atoms. The van der Waals surface area contributed by atoms with Crippen molar-refractivity contribution in [3.63, 3.8) is 0 Å². The Hall–Kier alpha value is -1.86. The summed E-state index contributed by atoms with van der Waals surface area (Å²) in [6.45, 7) is -0.785. The van der Waals surface area contributed by atoms with Crippen LogP contribution in [0.4, 0.5) is 36.4 Å². The number of anilines is 1. The SMILES string of the molecule is NCC(=O)Nc1cccc(B(O)O)c1C(F)(F)C(F)(F)C(F)(F)F. The quantitative estimate of drug-likeness (QED) is 0.455. The molecule has 5 N–H and O–H groups in total. The van der Waals surface area contributed by atoms with Gasteiger partial charge in [0.2, 0.25) is 5.91 Å². The molecule has 0 saturated carbocycles. The lowest BCUT2D eigenvalue weighted by molar-refractivity contribution is -0.359. The summed E-state index contributed by atoms with van der Waals surface area (Å²) in [7, 11) is -2.80. The second-order valence-electron chi connectivity index (χ2n) is 4.54. The number of nitrogens with one attached hydrogen (secondary N) is 1. The third-order valence-electron chi connectivity index (χ3n) is 2.90. The summed E-state index contributed by atoms with van der Waals surface area (Å²) in [6.07, 6.45) is -6.64. The van der Waals surface area contributed by atoms with Gasteiger partial charge >= 0.3 is 25.1 Å². The maximum Gasteiger partial charge on any atom is 0.489 e. The fourth-order valence-corrected chi connectivity index (χ4v) is 1.78. The molecule has 0 aliphatic carbocycles. The van der Waals surface area contributed by atoms with Gasteiger partial charge in [-0.25, -0.2) is 0 Å². The third kappa shape index (κ3) is 3.47. The van der Waals surface area contributed by atoms with Crippen LogP contribution in [0, 0.1) is 0 Å². The lowest BCUT2D eigenvalue weighted by Gasteiger charge is -2.31. The first kappa shape index (κ1) is 20.2. The van der Waals surface area contributed by atoms with Crippen LogP contribution in [0.5, 0.6) is 0 Å². The van der Waals surface area contributed by atoms with Crippen LogP contribution in [0.3, 0.4) is 0 Å². The van der Waals surface area contributed by atoms with Crippen molar-refractivity contribution in [2.24, 2.45) is 5.73 Å². The Morgan fingerprint density at radius 1 is 1.12 bits per heavy atom. The zero-order valence-electron chi connectivity index (χ0n) is 11.5. The molecule has 1 aromatic carbocycles. The first-order chi connectivity index (χ1) is 10.8. The molecule has 134 valence electrons. The maximum atomic E-state index is 14.0. The van der Waals surface area contributed by atoms with E-state index in [4.69, 9.17) is 15.8 Å². The van der Waals surface area contributed by atoms with E-state index in [-0.39, 0.29) is 0 Å². The smallest absolute Gasteiger partial charge is 0.423 e. The second-order valence-corrected chi connectivity index (χ2v) is 4.54. The molecule has 0 aliphatic heterocycles. The molecule has 0 atom stereocenters. The molecule has 0 radical (unpaired) electrons. The van der Waals surface area contributed by atoms with Crippen molar-refractivity contribution in [2.45, 2.75) is 18.0 Å². The van der Waals surface area contributed by atoms with E-state index in [1.807, 2.05) is 0 Å². The fraction of sp³-hybridized carbons (Fsp3) is 0.364. The average molecular weight is 362 g/mol. The Morgan fingerprint density at radius 3 is 2.08 bits per heavy atom. The van der Waals surface area contributed by atoms with E-state index in [1.54, 1.807) is 5.32 Å². The summed E-state index contributed by atoms with van der Waals surface area (Å²) >= 11 is 0. The van der Waals surface area contributed by atoms with Crippen LogP contribution in [0.15, 0.2) is 18.2 Å². The Bertz CT molecular complexity index is 622. The molecule has 1 rings (SSSR count). The number of carbonyl (C=O) groups is 1. The first-order valence-electron chi connectivity index (χ1n) is 6.09. The Labute approximate surface area is 130 Å². The molecule has 13 heteroatoms. The molecule has 0 saturated heterocycles. The largest absolute Gasteiger partial charge is 0.489 e. The zero-order chi connectivity index (χ0) is 18.9. The summed E-state index contributed by atoms with van der Waals surface area (Å²) in [5, 5.41) is 19.6. The van der Waals surface area contributed by atoms with Gasteiger partial charge in [-0.1, -0.05) is 12.1 Å². The van der Waals surface area contributed by atoms with E-state index < -0.39 is 54.3 Å². The van der Waals surface area contributed by atoms with Crippen LogP contribution >= 0.6 is 0 Å². The molecule has 0 heterocycles. The number of nitrogens with two attached hydrogens (primary N) is 1. The number of amides is 1. The Balaban J connectivity index is 3.67. The second kappa shape index (κ2) is 6.57. The molecule has 0 unspecified atom stereocenters. The molecule has 0 fully saturated rings. The lowest BCUT2D eigenvalue weighted by Crippen LogP contribution is -2.53. The number of alkyl halides is 7. The highest BCUT2D eigenvalue weighted by atomic mass is 19.4. The van der Waals surface area contributed by atoms with E-state index in [2.05, 4.69) is 0 Å². The topological polar surface area (TPSA) is 95.6 Å². The highest BCUT2D eigenvalue weighted by Crippen LogP contribution is 2.52. The Kier molecular flexibility index (Phi) is 5.53. The molecule has 5 nitrogen and oxygen atoms in total. The van der Waals surface area contributed by atoms with Crippen molar-refractivity contribution in [1.82, 2.24) is 0 Å². The lowest BCUT2D eigenvalue weighted by atomic mass is 9.74. The van der Waals surface area contributed by atoms with E-state index in [0.717, 1.165) is 6.07 Å². The van der Waals surface area contributed by atoms with Gasteiger partial charge in [0.1, 0.15) is 0 Å². The number of carbonyl (C=O) groups excluding carboxylic acids is 1. The highest BCUT2D eigenvalue weighted by molar-refractivity contribution is 6.59. The van der Waals surface area contributed by atoms with Crippen molar-refractivity contribution in [1.29, 1.82) is 0 Å². The van der Waals surface area contributed by atoms with Crippen molar-refractivity contribution in [3.8, 4) is 0 Å². The van der Waals surface area contributed by atoms with Crippen molar-refractivity contribution in [3.05, 3.63) is 23.8 Å². The number of benzene rings is 1. The van der Waals surface area contributed by atoms with Gasteiger partial charge < -0.3 is 21.1 Å². The van der Waals surface area contributed by atoms with Gasteiger partial charge in [-0.2, -0.15) is 30.7 Å². The third-order valence-corrected chi connectivity index (χ3v) is 2.90. The van der Waals surface area contributed by atoms with Gasteiger partial charge in [0.05, 0.1) is 12.1 Å². The number of rotatable bonds is 5. The summed E-state index contributed by atoms with van der Waals surface area (Å²) < 4.78 is 91.5. The van der Waals surface area contributed by atoms with E-state index in [0.29, 0.717) is 12.1 Å². The minimum absolute atomic E-state index is 0.498. The van der Waals surface area contributed by atoms with Crippen LogP contribution in [0.1, 0.15) is 5.56 Å². The van der Waals surface area contributed by atoms with Gasteiger partial charge in [0.25, 0.3) is 0 Å². The molecule has 1 amide bonds. The molecule has 24 heavy (non-hydrogen) atoms. The minimum Gasteiger partial charge on any atom is -0.423 e. The van der Waals surface area contributed by atoms with Gasteiger partial charge in [0, 0.05) is 5.69 Å². The number of halogens is 7. The van der Waals surface area contributed by atoms with E-state index in [9.17, 15) is 35.5 Å². The number of hydrogen-bond acceptors (Lipinski definition) is 4. The summed E-state index contributed by atoms with van der Waals surface area (Å²) in [6, 6.07) is 1.93. The molecule has 0 spiro atoms. The van der Waals surface area contributed by atoms with Gasteiger partial charge in [-0.3, -0.25) is 4.79 Å². The predicted molar refractivity (Wildman–Crippen MR) is 68.8 cm³/mol. The predicted octanol–water partition coefficient (Wildman–Crippen LogP) is 0.553. The van der Waals surface area contributed by atoms with Crippen LogP contribution in [-0.4, -0.2) is 41.7 Å². The molecule has 1 aromatic rings. The first-order valence-corrected chi connectivity index (χ1v) is 6.09. The van der Waals surface area contributed by atoms with Crippen LogP contribution < -0.4 is 16.5 Å². The molecule has 0 aromatic heterocycles. The molecule has 0 aliphatic rings. The normalized spacial score (nSPS) is 12.9. The Morgan fingerprint density at radius 2 is 1.67 bits per heavy atom. The number of hydrogen-bond donors (Lipinski definition) is 4. The van der Waals surface area contributed by atoms with Crippen LogP contribution in [-0.2, 0) is 10.7 Å². The van der Waals surface area contributed by atoms with Gasteiger partial charge in [-0.15, -0.1) is 0 Å². The molecular weight excluding hydrogens is 352 g/mol. The maximum absolute atomic E-state index is 14.0. The van der Waals surface area contributed by atoms with Crippen molar-refractivity contribution in [2.75, 3.05) is 11.9 Å². The standard InChI is InChI=1S/C11H10BF7N2O3/c13-9(14,10(15,16)11(17,18)19)8-5(12(23)24)2-1-3-6(8)21-7(22)4-20/h1-3,23-24H,4,20H2,(H,21,22). The monoisotopic (exact) mass is 362 g/mol. The van der Waals surface area contributed by atoms with E-state index in [1.165, 1.54) is 0 Å². The van der Waals surface area contributed by atoms with Crippen molar-refractivity contribution >= 4 is 24.2 Å². The zero-order valence-corrected chi connectivity index (χ0v) is 11.5. The summed E-state index contributed by atoms with van der Waals surface area (Å²) in [5.41, 5.74) is 0.329. The highest BCUT2D eigenvalue weighted by Gasteiger charge is 2.74. The summed E-state index contributed by atoms with van der Waals surface area (Å²) in [5.74, 6) is -13.6. The fourth-order valence-electron chi connectivity index (χ4n) is 1.78. The van der Waals surface area contributed by atoms with Crippen LogP contribution in [0.25, 0.3) is 0 Å². The van der Waals surface area contributed by atoms with Gasteiger partial charge in [-0.05, 0) is 11.5 Å². The molecular formula is C11H10BF7N2O3. The van der Waals surface area contributed by atoms with Gasteiger partial charge in [0.15, 0.2) is 0 Å². The summed E-state index contributed by atoms with van der Waals surface area (Å²) in [4.78, 5) is 11.2.